The van der Waals surface area contributed by atoms with Crippen molar-refractivity contribution in [2.75, 3.05) is 11.9 Å². The number of rotatable bonds is 3. The predicted octanol–water partition coefficient (Wildman–Crippen LogP) is 2.36. The van der Waals surface area contributed by atoms with E-state index in [0.29, 0.717) is 17.5 Å². The topological polar surface area (TPSA) is 78.4 Å². The third kappa shape index (κ3) is 2.76. The molecule has 3 unspecified atom stereocenters. The van der Waals surface area contributed by atoms with Crippen LogP contribution in [-0.4, -0.2) is 29.6 Å². The number of hydrogen-bond acceptors (Lipinski definition) is 3. The van der Waals surface area contributed by atoms with Gasteiger partial charge in [0, 0.05) is 5.69 Å². The Hall–Kier alpha value is -1.59. The molecule has 0 bridgehead atoms. The molecule has 1 aromatic carbocycles. The Morgan fingerprint density at radius 1 is 1.33 bits per heavy atom. The lowest BCUT2D eigenvalue weighted by Crippen LogP contribution is -2.39. The molecule has 1 aliphatic heterocycles. The number of carboxylic acids is 1. The van der Waals surface area contributed by atoms with Gasteiger partial charge in [0.15, 0.2) is 0 Å². The van der Waals surface area contributed by atoms with Gasteiger partial charge in [-0.05, 0) is 49.4 Å². The van der Waals surface area contributed by atoms with E-state index in [1.54, 1.807) is 6.07 Å². The predicted molar refractivity (Wildman–Crippen MR) is 79.7 cm³/mol. The molecule has 1 aromatic rings. The van der Waals surface area contributed by atoms with Crippen molar-refractivity contribution in [1.29, 1.82) is 0 Å². The molecule has 1 saturated heterocycles. The van der Waals surface area contributed by atoms with E-state index < -0.39 is 5.97 Å². The van der Waals surface area contributed by atoms with Crippen molar-refractivity contribution >= 4 is 29.2 Å². The Labute approximate surface area is 127 Å². The smallest absolute Gasteiger partial charge is 0.337 e. The summed E-state index contributed by atoms with van der Waals surface area (Å²) in [4.78, 5) is 23.4. The van der Waals surface area contributed by atoms with Crippen LogP contribution in [0.1, 0.15) is 29.6 Å². The van der Waals surface area contributed by atoms with Crippen molar-refractivity contribution < 1.29 is 14.7 Å². The van der Waals surface area contributed by atoms with Gasteiger partial charge in [0.25, 0.3) is 0 Å². The zero-order valence-electron chi connectivity index (χ0n) is 11.4. The molecule has 1 aliphatic carbocycles. The second-order valence-corrected chi connectivity index (χ2v) is 6.14. The second-order valence-electron chi connectivity index (χ2n) is 5.73. The number of amides is 1. The molecule has 0 aromatic heterocycles. The highest BCUT2D eigenvalue weighted by molar-refractivity contribution is 6.33. The molecule has 2 fully saturated rings. The molecular formula is C15H17ClN2O3. The van der Waals surface area contributed by atoms with E-state index in [1.807, 2.05) is 0 Å². The SMILES string of the molecule is O=C(O)c1cc(NC(=O)C2NCC3CCCC32)ccc1Cl. The Bertz CT molecular complexity index is 590. The summed E-state index contributed by atoms with van der Waals surface area (Å²) < 4.78 is 0. The first-order chi connectivity index (χ1) is 10.1. The molecule has 0 spiro atoms. The number of halogens is 1. The number of carbonyl (C=O) groups excluding carboxylic acids is 1. The maximum absolute atomic E-state index is 12.4. The molecular weight excluding hydrogens is 292 g/mol. The van der Waals surface area contributed by atoms with Crippen molar-refractivity contribution in [2.45, 2.75) is 25.3 Å². The highest BCUT2D eigenvalue weighted by Gasteiger charge is 2.42. The Morgan fingerprint density at radius 2 is 2.14 bits per heavy atom. The number of benzene rings is 1. The van der Waals surface area contributed by atoms with Gasteiger partial charge in [-0.1, -0.05) is 18.0 Å². The normalized spacial score (nSPS) is 27.4. The van der Waals surface area contributed by atoms with Gasteiger partial charge in [0.1, 0.15) is 0 Å². The number of fused-ring (bicyclic) bond motifs is 1. The van der Waals surface area contributed by atoms with Crippen LogP contribution in [0.3, 0.4) is 0 Å². The van der Waals surface area contributed by atoms with Crippen LogP contribution in [-0.2, 0) is 4.79 Å². The lowest BCUT2D eigenvalue weighted by atomic mass is 9.93. The molecule has 1 heterocycles. The molecule has 3 N–H and O–H groups in total. The molecule has 3 atom stereocenters. The van der Waals surface area contributed by atoms with Gasteiger partial charge >= 0.3 is 5.97 Å². The number of anilines is 1. The van der Waals surface area contributed by atoms with E-state index in [0.717, 1.165) is 13.0 Å². The van der Waals surface area contributed by atoms with E-state index in [-0.39, 0.29) is 22.5 Å². The summed E-state index contributed by atoms with van der Waals surface area (Å²) in [5, 5.41) is 15.3. The Morgan fingerprint density at radius 3 is 2.90 bits per heavy atom. The van der Waals surface area contributed by atoms with Crippen LogP contribution in [0.15, 0.2) is 18.2 Å². The van der Waals surface area contributed by atoms with E-state index in [2.05, 4.69) is 10.6 Å². The minimum Gasteiger partial charge on any atom is -0.478 e. The number of carboxylic acid groups (broad SMARTS) is 1. The van der Waals surface area contributed by atoms with Gasteiger partial charge in [0.05, 0.1) is 16.6 Å². The second kappa shape index (κ2) is 5.66. The van der Waals surface area contributed by atoms with Gasteiger partial charge in [-0.25, -0.2) is 4.79 Å². The largest absolute Gasteiger partial charge is 0.478 e. The minimum absolute atomic E-state index is 0.00686. The van der Waals surface area contributed by atoms with Crippen LogP contribution in [0.5, 0.6) is 0 Å². The fourth-order valence-corrected chi connectivity index (χ4v) is 3.66. The van der Waals surface area contributed by atoms with Crippen LogP contribution in [0.25, 0.3) is 0 Å². The Kier molecular flexibility index (Phi) is 3.87. The van der Waals surface area contributed by atoms with Gasteiger partial charge < -0.3 is 15.7 Å². The lowest BCUT2D eigenvalue weighted by molar-refractivity contribution is -0.118. The molecule has 3 rings (SSSR count). The van der Waals surface area contributed by atoms with Gasteiger partial charge in [0.2, 0.25) is 5.91 Å². The maximum atomic E-state index is 12.4. The molecule has 5 nitrogen and oxygen atoms in total. The molecule has 1 amide bonds. The highest BCUT2D eigenvalue weighted by atomic mass is 35.5. The Balaban J connectivity index is 1.73. The fourth-order valence-electron chi connectivity index (χ4n) is 3.46. The van der Waals surface area contributed by atoms with Crippen LogP contribution >= 0.6 is 11.6 Å². The summed E-state index contributed by atoms with van der Waals surface area (Å²) in [6.07, 6.45) is 3.45. The summed E-state index contributed by atoms with van der Waals surface area (Å²) in [7, 11) is 0. The third-order valence-corrected chi connectivity index (χ3v) is 4.82. The van der Waals surface area contributed by atoms with E-state index >= 15 is 0 Å². The average molecular weight is 309 g/mol. The summed E-state index contributed by atoms with van der Waals surface area (Å²) in [6, 6.07) is 4.32. The fraction of sp³-hybridized carbons (Fsp3) is 0.467. The van der Waals surface area contributed by atoms with Crippen LogP contribution < -0.4 is 10.6 Å². The van der Waals surface area contributed by atoms with Gasteiger partial charge in [-0.2, -0.15) is 0 Å². The van der Waals surface area contributed by atoms with Crippen molar-refractivity contribution in [1.82, 2.24) is 5.32 Å². The molecule has 1 saturated carbocycles. The lowest BCUT2D eigenvalue weighted by Gasteiger charge is -2.18. The van der Waals surface area contributed by atoms with Gasteiger partial charge in [-0.3, -0.25) is 4.79 Å². The molecule has 6 heteroatoms. The first kappa shape index (κ1) is 14.4. The first-order valence-corrected chi connectivity index (χ1v) is 7.51. The van der Waals surface area contributed by atoms with E-state index in [9.17, 15) is 9.59 Å². The van der Waals surface area contributed by atoms with Crippen LogP contribution in [0, 0.1) is 11.8 Å². The first-order valence-electron chi connectivity index (χ1n) is 7.13. The minimum atomic E-state index is -1.11. The van der Waals surface area contributed by atoms with Crippen LogP contribution in [0.2, 0.25) is 5.02 Å². The third-order valence-electron chi connectivity index (χ3n) is 4.49. The maximum Gasteiger partial charge on any atom is 0.337 e. The van der Waals surface area contributed by atoms with E-state index in [1.165, 1.54) is 25.0 Å². The quantitative estimate of drug-likeness (QED) is 0.801. The summed E-state index contributed by atoms with van der Waals surface area (Å²) in [6.45, 7) is 0.893. The number of carbonyl (C=O) groups is 2. The molecule has 2 aliphatic rings. The zero-order chi connectivity index (χ0) is 15.0. The molecule has 112 valence electrons. The highest BCUT2D eigenvalue weighted by Crippen LogP contribution is 2.38. The summed E-state index contributed by atoms with van der Waals surface area (Å²) in [5.74, 6) is -0.203. The van der Waals surface area contributed by atoms with Crippen molar-refractivity contribution in [3.8, 4) is 0 Å². The van der Waals surface area contributed by atoms with Crippen molar-refractivity contribution in [3.63, 3.8) is 0 Å². The number of hydrogen-bond donors (Lipinski definition) is 3. The van der Waals surface area contributed by atoms with E-state index in [4.69, 9.17) is 16.7 Å². The van der Waals surface area contributed by atoms with Crippen LogP contribution in [0.4, 0.5) is 5.69 Å². The summed E-state index contributed by atoms with van der Waals surface area (Å²) >= 11 is 5.82. The standard InChI is InChI=1S/C15H17ClN2O3/c16-12-5-4-9(6-11(12)15(20)21)18-14(19)13-10-3-1-2-8(10)7-17-13/h4-6,8,10,13,17H,1-3,7H2,(H,18,19)(H,20,21). The number of nitrogens with one attached hydrogen (secondary N) is 2. The zero-order valence-corrected chi connectivity index (χ0v) is 12.2. The van der Waals surface area contributed by atoms with Crippen molar-refractivity contribution in [2.24, 2.45) is 11.8 Å². The van der Waals surface area contributed by atoms with Crippen molar-refractivity contribution in [3.05, 3.63) is 28.8 Å². The number of aromatic carboxylic acids is 1. The van der Waals surface area contributed by atoms with Gasteiger partial charge in [-0.15, -0.1) is 0 Å². The molecule has 0 radical (unpaired) electrons. The average Bonchev–Trinajstić information content (AvgIpc) is 3.02. The molecule has 21 heavy (non-hydrogen) atoms. The monoisotopic (exact) mass is 308 g/mol. The summed E-state index contributed by atoms with van der Waals surface area (Å²) in [5.41, 5.74) is 0.456.